The molecule has 0 saturated carbocycles. The Balaban J connectivity index is 2.55. The summed E-state index contributed by atoms with van der Waals surface area (Å²) < 4.78 is 4.81. The van der Waals surface area contributed by atoms with E-state index in [2.05, 4.69) is 16.9 Å². The molecule has 0 unspecified atom stereocenters. The predicted molar refractivity (Wildman–Crippen MR) is 51.1 cm³/mol. The molecular weight excluding hydrogens is 182 g/mol. The van der Waals surface area contributed by atoms with E-state index in [1.807, 2.05) is 6.07 Å². The lowest BCUT2D eigenvalue weighted by Gasteiger charge is -2.06. The lowest BCUT2D eigenvalue weighted by Crippen LogP contribution is -2.16. The molecule has 0 saturated heterocycles. The highest BCUT2D eigenvalue weighted by Crippen LogP contribution is 2.03. The number of hydrogen-bond acceptors (Lipinski definition) is 4. The minimum Gasteiger partial charge on any atom is -0.405 e. The number of hydroxylamine groups is 1. The molecule has 74 valence electrons. The lowest BCUT2D eigenvalue weighted by molar-refractivity contribution is 0.0355. The maximum Gasteiger partial charge on any atom is 0.344 e. The second-order valence-electron chi connectivity index (χ2n) is 2.48. The van der Waals surface area contributed by atoms with Gasteiger partial charge in [0.15, 0.2) is 0 Å². The van der Waals surface area contributed by atoms with Gasteiger partial charge in [0.2, 0.25) is 5.88 Å². The van der Waals surface area contributed by atoms with Crippen LogP contribution in [0.3, 0.4) is 0 Å². The van der Waals surface area contributed by atoms with Crippen molar-refractivity contribution in [2.45, 2.75) is 0 Å². The average Bonchev–Trinajstić information content (AvgIpc) is 2.19. The summed E-state index contributed by atoms with van der Waals surface area (Å²) in [6, 6.07) is 8.63. The van der Waals surface area contributed by atoms with Crippen LogP contribution < -0.4 is 5.48 Å². The molecule has 0 spiro atoms. The number of rotatable bonds is 4. The van der Waals surface area contributed by atoms with Gasteiger partial charge in [-0.1, -0.05) is 18.2 Å². The Hall–Kier alpha value is -1.81. The van der Waals surface area contributed by atoms with Crippen molar-refractivity contribution >= 4 is 5.97 Å². The minimum atomic E-state index is -0.472. The zero-order valence-corrected chi connectivity index (χ0v) is 7.82. The van der Waals surface area contributed by atoms with E-state index in [1.165, 1.54) is 7.11 Å². The average molecular weight is 193 g/mol. The zero-order chi connectivity index (χ0) is 10.4. The van der Waals surface area contributed by atoms with Gasteiger partial charge >= 0.3 is 5.97 Å². The molecule has 1 N–H and O–H groups in total. The van der Waals surface area contributed by atoms with Gasteiger partial charge in [0, 0.05) is 0 Å². The summed E-state index contributed by atoms with van der Waals surface area (Å²) in [5.41, 5.74) is 2.77. The van der Waals surface area contributed by atoms with Crippen LogP contribution in [0.5, 0.6) is 0 Å². The third kappa shape index (κ3) is 2.91. The van der Waals surface area contributed by atoms with Crippen molar-refractivity contribution in [2.24, 2.45) is 0 Å². The Morgan fingerprint density at radius 2 is 2.00 bits per heavy atom. The normalized spacial score (nSPS) is 9.21. The van der Waals surface area contributed by atoms with Gasteiger partial charge in [0.25, 0.3) is 0 Å². The minimum absolute atomic E-state index is 0.0568. The van der Waals surface area contributed by atoms with Gasteiger partial charge in [0.05, 0.1) is 12.7 Å². The molecule has 0 heterocycles. The largest absolute Gasteiger partial charge is 0.405 e. The molecule has 0 amide bonds. The Morgan fingerprint density at radius 1 is 1.36 bits per heavy atom. The summed E-state index contributed by atoms with van der Waals surface area (Å²) in [6.07, 6.45) is 0. The number of benzene rings is 1. The highest BCUT2D eigenvalue weighted by molar-refractivity contribution is 5.89. The van der Waals surface area contributed by atoms with Crippen molar-refractivity contribution in [3.63, 3.8) is 0 Å². The van der Waals surface area contributed by atoms with Crippen molar-refractivity contribution in [1.29, 1.82) is 0 Å². The molecule has 4 heteroatoms. The van der Waals surface area contributed by atoms with Crippen LogP contribution in [0.2, 0.25) is 0 Å². The van der Waals surface area contributed by atoms with Crippen molar-refractivity contribution in [2.75, 3.05) is 7.11 Å². The van der Waals surface area contributed by atoms with Crippen LogP contribution in [0.15, 0.2) is 42.8 Å². The van der Waals surface area contributed by atoms with Crippen molar-refractivity contribution in [3.8, 4) is 0 Å². The molecule has 0 atom stereocenters. The first-order chi connectivity index (χ1) is 6.74. The summed E-state index contributed by atoms with van der Waals surface area (Å²) in [4.78, 5) is 15.9. The van der Waals surface area contributed by atoms with E-state index >= 15 is 0 Å². The Kier molecular flexibility index (Phi) is 3.69. The maximum atomic E-state index is 11.4. The van der Waals surface area contributed by atoms with Crippen molar-refractivity contribution in [1.82, 2.24) is 5.48 Å². The molecular formula is C10H11NO3. The fourth-order valence-electron chi connectivity index (χ4n) is 0.880. The maximum absolute atomic E-state index is 11.4. The van der Waals surface area contributed by atoms with Gasteiger partial charge in [-0.25, -0.2) is 10.3 Å². The molecule has 0 aliphatic carbocycles. The highest BCUT2D eigenvalue weighted by Gasteiger charge is 2.07. The molecule has 0 radical (unpaired) electrons. The number of hydrogen-bond donors (Lipinski definition) is 1. The van der Waals surface area contributed by atoms with Crippen LogP contribution in [-0.2, 0) is 9.57 Å². The second kappa shape index (κ2) is 5.04. The summed E-state index contributed by atoms with van der Waals surface area (Å²) in [5, 5.41) is 0. The van der Waals surface area contributed by atoms with Gasteiger partial charge in [-0.05, 0) is 18.7 Å². The van der Waals surface area contributed by atoms with Gasteiger partial charge in [-0.2, -0.15) is 0 Å². The van der Waals surface area contributed by atoms with E-state index in [0.29, 0.717) is 5.56 Å². The first-order valence-corrected chi connectivity index (χ1v) is 3.99. The smallest absolute Gasteiger partial charge is 0.344 e. The topological polar surface area (TPSA) is 47.6 Å². The predicted octanol–water partition coefficient (Wildman–Crippen LogP) is 1.47. The Labute approximate surface area is 82.1 Å². The second-order valence-corrected chi connectivity index (χ2v) is 2.48. The summed E-state index contributed by atoms with van der Waals surface area (Å²) in [7, 11) is 1.40. The van der Waals surface area contributed by atoms with E-state index < -0.39 is 5.97 Å². The number of esters is 1. The monoisotopic (exact) mass is 193 g/mol. The van der Waals surface area contributed by atoms with E-state index in [9.17, 15) is 4.79 Å². The van der Waals surface area contributed by atoms with Gasteiger partial charge in [0.1, 0.15) is 0 Å². The molecule has 4 nitrogen and oxygen atoms in total. The van der Waals surface area contributed by atoms with Crippen molar-refractivity contribution < 1.29 is 14.4 Å². The number of carbonyl (C=O) groups excluding carboxylic acids is 1. The third-order valence-electron chi connectivity index (χ3n) is 1.44. The Bertz CT molecular complexity index is 321. The Morgan fingerprint density at radius 3 is 2.57 bits per heavy atom. The van der Waals surface area contributed by atoms with E-state index in [0.717, 1.165) is 0 Å². The summed E-state index contributed by atoms with van der Waals surface area (Å²) in [6.45, 7) is 3.43. The zero-order valence-electron chi connectivity index (χ0n) is 7.82. The SMILES string of the molecule is C=C(NOC)OC(=O)c1ccccc1. The van der Waals surface area contributed by atoms with E-state index in [1.54, 1.807) is 24.3 Å². The molecule has 1 aromatic carbocycles. The highest BCUT2D eigenvalue weighted by atomic mass is 16.7. The van der Waals surface area contributed by atoms with Gasteiger partial charge < -0.3 is 4.74 Å². The first-order valence-electron chi connectivity index (χ1n) is 3.99. The fourth-order valence-corrected chi connectivity index (χ4v) is 0.880. The van der Waals surface area contributed by atoms with Crippen molar-refractivity contribution in [3.05, 3.63) is 48.4 Å². The first kappa shape index (κ1) is 10.3. The third-order valence-corrected chi connectivity index (χ3v) is 1.44. The molecule has 14 heavy (non-hydrogen) atoms. The van der Waals surface area contributed by atoms with Crippen LogP contribution in [0.1, 0.15) is 10.4 Å². The fraction of sp³-hybridized carbons (Fsp3) is 0.100. The molecule has 1 rings (SSSR count). The van der Waals surface area contributed by atoms with Crippen LogP contribution in [-0.4, -0.2) is 13.1 Å². The van der Waals surface area contributed by atoms with E-state index in [-0.39, 0.29) is 5.88 Å². The molecule has 1 aromatic rings. The molecule has 0 fully saturated rings. The van der Waals surface area contributed by atoms with Gasteiger partial charge in [-0.15, -0.1) is 0 Å². The van der Waals surface area contributed by atoms with Gasteiger partial charge in [-0.3, -0.25) is 4.84 Å². The number of carbonyl (C=O) groups is 1. The van der Waals surface area contributed by atoms with Crippen LogP contribution in [0.25, 0.3) is 0 Å². The van der Waals surface area contributed by atoms with E-state index in [4.69, 9.17) is 4.74 Å². The van der Waals surface area contributed by atoms with Crippen LogP contribution in [0.4, 0.5) is 0 Å². The summed E-state index contributed by atoms with van der Waals surface area (Å²) >= 11 is 0. The van der Waals surface area contributed by atoms with Crippen LogP contribution in [0, 0.1) is 0 Å². The summed E-state index contributed by atoms with van der Waals surface area (Å²) in [5.74, 6) is -0.415. The molecule has 0 aromatic heterocycles. The molecule has 0 bridgehead atoms. The number of ether oxygens (including phenoxy) is 1. The quantitative estimate of drug-likeness (QED) is 0.447. The lowest BCUT2D eigenvalue weighted by atomic mass is 10.2. The standard InChI is InChI=1S/C10H11NO3/c1-8(11-13-2)14-10(12)9-6-4-3-5-7-9/h3-7,11H,1H2,2H3. The molecule has 0 aliphatic rings. The number of nitrogens with one attached hydrogen (secondary N) is 1. The van der Waals surface area contributed by atoms with Crippen LogP contribution >= 0.6 is 0 Å². The molecule has 0 aliphatic heterocycles.